The Labute approximate surface area is 280 Å². The van der Waals surface area contributed by atoms with Gasteiger partial charge in [-0.25, -0.2) is 0 Å². The minimum Gasteiger partial charge on any atom is -0.463 e. The lowest BCUT2D eigenvalue weighted by Crippen LogP contribution is -2.25. The number of allylic oxidation sites excluding steroid dienone is 1. The summed E-state index contributed by atoms with van der Waals surface area (Å²) in [6.07, 6.45) is 21.8. The fraction of sp³-hybridized carbons (Fsp3) is 0.868. The molecule has 0 heterocycles. The van der Waals surface area contributed by atoms with Gasteiger partial charge in [-0.05, 0) is 37.5 Å². The number of hydrogen-bond donors (Lipinski definition) is 3. The maximum Gasteiger partial charge on any atom is 0.305 e. The Kier molecular flexibility index (Phi) is 25.0. The van der Waals surface area contributed by atoms with Gasteiger partial charge in [0.05, 0.1) is 12.2 Å². The van der Waals surface area contributed by atoms with Crippen LogP contribution in [0.1, 0.15) is 162 Å². The zero-order chi connectivity index (χ0) is 34.0. The van der Waals surface area contributed by atoms with Gasteiger partial charge in [-0.2, -0.15) is 0 Å². The monoisotopic (exact) mass is 652 g/mol. The number of aliphatic hydroxyl groups excluding tert-OH is 3. The fourth-order valence-electron chi connectivity index (χ4n) is 6.17. The molecule has 8 nitrogen and oxygen atoms in total. The average molecular weight is 653 g/mol. The lowest BCUT2D eigenvalue weighted by molar-refractivity contribution is -0.152. The molecule has 1 saturated carbocycles. The topological polar surface area (TPSA) is 130 Å². The Morgan fingerprint density at radius 3 is 1.80 bits per heavy atom. The quantitative estimate of drug-likeness (QED) is 0.0424. The Morgan fingerprint density at radius 2 is 1.26 bits per heavy atom. The predicted molar refractivity (Wildman–Crippen MR) is 183 cm³/mol. The lowest BCUT2D eigenvalue weighted by Gasteiger charge is -2.19. The molecule has 1 aliphatic carbocycles. The summed E-state index contributed by atoms with van der Waals surface area (Å²) in [6.45, 7) is 6.30. The summed E-state index contributed by atoms with van der Waals surface area (Å²) in [5, 5.41) is 30.6. The second kappa shape index (κ2) is 27.2. The molecule has 1 aliphatic rings. The number of unbranched alkanes of at least 4 members (excludes halogenated alkanes) is 13. The molecule has 0 aromatic heterocycles. The molecule has 0 spiro atoms. The van der Waals surface area contributed by atoms with E-state index in [4.69, 9.17) is 9.47 Å². The first-order chi connectivity index (χ1) is 22.1. The predicted octanol–water partition coefficient (Wildman–Crippen LogP) is 7.78. The summed E-state index contributed by atoms with van der Waals surface area (Å²) in [4.78, 5) is 36.4. The van der Waals surface area contributed by atoms with Gasteiger partial charge in [-0.15, -0.1) is 0 Å². The summed E-state index contributed by atoms with van der Waals surface area (Å²) < 4.78 is 10.3. The maximum atomic E-state index is 12.4. The van der Waals surface area contributed by atoms with Crippen LogP contribution in [0, 0.1) is 17.8 Å². The summed E-state index contributed by atoms with van der Waals surface area (Å²) in [6, 6.07) is 0. The van der Waals surface area contributed by atoms with E-state index in [2.05, 4.69) is 20.8 Å². The van der Waals surface area contributed by atoms with Crippen molar-refractivity contribution >= 4 is 17.7 Å². The van der Waals surface area contributed by atoms with Crippen LogP contribution in [0.15, 0.2) is 12.2 Å². The first-order valence-electron chi connectivity index (χ1n) is 18.7. The Bertz CT molecular complexity index is 826. The lowest BCUT2D eigenvalue weighted by atomic mass is 9.88. The van der Waals surface area contributed by atoms with Gasteiger partial charge >= 0.3 is 11.9 Å². The number of esters is 2. The van der Waals surface area contributed by atoms with Crippen LogP contribution in [0.3, 0.4) is 0 Å². The van der Waals surface area contributed by atoms with Crippen LogP contribution in [0.25, 0.3) is 0 Å². The highest BCUT2D eigenvalue weighted by molar-refractivity contribution is 5.86. The molecule has 0 aliphatic heterocycles. The van der Waals surface area contributed by atoms with E-state index in [0.29, 0.717) is 19.3 Å². The standard InChI is InChI=1S/C38H68O8/c1-4-5-15-21-31(39)25-26-34-33(35(41)27-36(34)42)22-17-13-14-19-24-38(44)46-29-32(40)28-45-37(43)23-18-12-10-8-6-7-9-11-16-20-30(2)3/h25-26,30-35,39-41H,4-24,27-29H2,1-3H3/b26-25+/t31-,32-,33+,34+,35-/m0/s1. The van der Waals surface area contributed by atoms with Crippen LogP contribution < -0.4 is 0 Å². The van der Waals surface area contributed by atoms with Crippen molar-refractivity contribution in [3.05, 3.63) is 12.2 Å². The molecular formula is C38H68O8. The van der Waals surface area contributed by atoms with Crippen molar-refractivity contribution in [2.24, 2.45) is 17.8 Å². The van der Waals surface area contributed by atoms with Crippen LogP contribution >= 0.6 is 0 Å². The van der Waals surface area contributed by atoms with Gasteiger partial charge in [0.2, 0.25) is 0 Å². The number of carbonyl (C=O) groups is 3. The van der Waals surface area contributed by atoms with E-state index < -0.39 is 18.3 Å². The molecule has 46 heavy (non-hydrogen) atoms. The highest BCUT2D eigenvalue weighted by Crippen LogP contribution is 2.34. The molecule has 0 saturated heterocycles. The van der Waals surface area contributed by atoms with Gasteiger partial charge in [0.15, 0.2) is 0 Å². The number of aliphatic hydroxyl groups is 3. The number of rotatable bonds is 29. The minimum atomic E-state index is -1.03. The summed E-state index contributed by atoms with van der Waals surface area (Å²) in [5.41, 5.74) is 0. The van der Waals surface area contributed by atoms with E-state index in [-0.39, 0.29) is 55.6 Å². The second-order valence-electron chi connectivity index (χ2n) is 14.0. The molecule has 0 bridgehead atoms. The van der Waals surface area contributed by atoms with Gasteiger partial charge in [-0.1, -0.05) is 129 Å². The molecule has 5 atom stereocenters. The zero-order valence-electron chi connectivity index (χ0n) is 29.5. The molecule has 0 unspecified atom stereocenters. The van der Waals surface area contributed by atoms with E-state index in [1.54, 1.807) is 12.2 Å². The molecule has 268 valence electrons. The van der Waals surface area contributed by atoms with Crippen molar-refractivity contribution in [2.45, 2.75) is 180 Å². The fourth-order valence-corrected chi connectivity index (χ4v) is 6.17. The number of ketones is 1. The normalized spacial score (nSPS) is 19.6. The summed E-state index contributed by atoms with van der Waals surface area (Å²) >= 11 is 0. The van der Waals surface area contributed by atoms with Crippen molar-refractivity contribution in [3.8, 4) is 0 Å². The van der Waals surface area contributed by atoms with E-state index in [9.17, 15) is 29.7 Å². The van der Waals surface area contributed by atoms with Crippen molar-refractivity contribution in [1.82, 2.24) is 0 Å². The van der Waals surface area contributed by atoms with E-state index in [1.165, 1.54) is 44.9 Å². The van der Waals surface area contributed by atoms with Crippen LogP contribution in [0.2, 0.25) is 0 Å². The third-order valence-electron chi connectivity index (χ3n) is 9.09. The van der Waals surface area contributed by atoms with Gasteiger partial charge in [0, 0.05) is 25.2 Å². The Morgan fingerprint density at radius 1 is 0.761 bits per heavy atom. The third kappa shape index (κ3) is 21.9. The second-order valence-corrected chi connectivity index (χ2v) is 14.0. The first-order valence-corrected chi connectivity index (χ1v) is 18.7. The zero-order valence-corrected chi connectivity index (χ0v) is 29.5. The molecule has 0 radical (unpaired) electrons. The highest BCUT2D eigenvalue weighted by Gasteiger charge is 2.39. The van der Waals surface area contributed by atoms with Gasteiger partial charge in [-0.3, -0.25) is 14.4 Å². The van der Waals surface area contributed by atoms with Crippen molar-refractivity contribution in [3.63, 3.8) is 0 Å². The summed E-state index contributed by atoms with van der Waals surface area (Å²) in [7, 11) is 0. The van der Waals surface area contributed by atoms with Crippen LogP contribution in [0.5, 0.6) is 0 Å². The molecule has 1 fully saturated rings. The largest absolute Gasteiger partial charge is 0.463 e. The van der Waals surface area contributed by atoms with Crippen LogP contribution in [-0.2, 0) is 23.9 Å². The smallest absolute Gasteiger partial charge is 0.305 e. The molecule has 0 aromatic carbocycles. The Hall–Kier alpha value is -1.77. The summed E-state index contributed by atoms with van der Waals surface area (Å²) in [5.74, 6) is -0.349. The van der Waals surface area contributed by atoms with Crippen molar-refractivity contribution in [1.29, 1.82) is 0 Å². The Balaban J connectivity index is 2.05. The molecule has 8 heteroatoms. The third-order valence-corrected chi connectivity index (χ3v) is 9.09. The highest BCUT2D eigenvalue weighted by atomic mass is 16.6. The first kappa shape index (κ1) is 42.3. The SMILES string of the molecule is CCCCC[C@H](O)/C=C/[C@H]1C(=O)C[C@H](O)[C@@H]1CCCCCCC(=O)OC[C@@H](O)COC(=O)CCCCCCCCCCCC(C)C. The number of Topliss-reactive ketones (excluding diaryl/α,β-unsaturated/α-hetero) is 1. The van der Waals surface area contributed by atoms with Gasteiger partial charge in [0.25, 0.3) is 0 Å². The van der Waals surface area contributed by atoms with Crippen molar-refractivity contribution in [2.75, 3.05) is 13.2 Å². The maximum absolute atomic E-state index is 12.4. The number of hydrogen-bond acceptors (Lipinski definition) is 8. The minimum absolute atomic E-state index is 0.0355. The molecule has 1 rings (SSSR count). The number of ether oxygens (including phenoxy) is 2. The van der Waals surface area contributed by atoms with Gasteiger partial charge in [0.1, 0.15) is 25.1 Å². The van der Waals surface area contributed by atoms with Crippen LogP contribution in [-0.4, -0.2) is 64.6 Å². The van der Waals surface area contributed by atoms with E-state index in [0.717, 1.165) is 70.1 Å². The van der Waals surface area contributed by atoms with Crippen molar-refractivity contribution < 1.29 is 39.2 Å². The van der Waals surface area contributed by atoms with E-state index >= 15 is 0 Å². The molecule has 0 amide bonds. The molecular weight excluding hydrogens is 584 g/mol. The molecule has 0 aromatic rings. The molecule has 3 N–H and O–H groups in total. The average Bonchev–Trinajstić information content (AvgIpc) is 3.29. The van der Waals surface area contributed by atoms with Crippen LogP contribution in [0.4, 0.5) is 0 Å². The van der Waals surface area contributed by atoms with Gasteiger partial charge < -0.3 is 24.8 Å². The number of carbonyl (C=O) groups excluding carboxylic acids is 3. The van der Waals surface area contributed by atoms with E-state index in [1.807, 2.05) is 0 Å².